The van der Waals surface area contributed by atoms with Crippen LogP contribution >= 0.6 is 0 Å². The van der Waals surface area contributed by atoms with E-state index in [1.807, 2.05) is 0 Å². The van der Waals surface area contributed by atoms with Crippen LogP contribution in [0.2, 0.25) is 0 Å². The van der Waals surface area contributed by atoms with Gasteiger partial charge in [0, 0.05) is 0 Å². The van der Waals surface area contributed by atoms with Gasteiger partial charge in [-0.1, -0.05) is 57.5 Å². The van der Waals surface area contributed by atoms with Gasteiger partial charge in [-0.2, -0.15) is 4.90 Å². The Morgan fingerprint density at radius 2 is 2.00 bits per heavy atom. The van der Waals surface area contributed by atoms with Crippen LogP contribution in [0.5, 0.6) is 0 Å². The SMILES string of the molecule is CC1CCC(C(C)C)C(N2CN(Cc3ccccc3)C#[N+]2)C1. The van der Waals surface area contributed by atoms with Crippen LogP contribution in [0.25, 0.3) is 4.95 Å². The van der Waals surface area contributed by atoms with E-state index in [1.165, 1.54) is 24.8 Å². The molecular formula is C19H28N3+. The van der Waals surface area contributed by atoms with Crippen molar-refractivity contribution in [1.29, 1.82) is 0 Å². The zero-order valence-electron chi connectivity index (χ0n) is 14.1. The van der Waals surface area contributed by atoms with Crippen molar-refractivity contribution in [3.05, 3.63) is 40.8 Å². The van der Waals surface area contributed by atoms with Crippen molar-refractivity contribution in [2.24, 2.45) is 17.8 Å². The molecule has 1 saturated carbocycles. The van der Waals surface area contributed by atoms with Crippen LogP contribution in [0.1, 0.15) is 45.6 Å². The van der Waals surface area contributed by atoms with E-state index in [0.717, 1.165) is 31.0 Å². The standard InChI is InChI=1S/C19H28N3/c1-15(2)18-10-9-16(3)11-19(18)22-14-21(13-20-22)12-17-7-5-4-6-8-17/h4-8,15-16,18-19H,9-12,14H2,1-3H3/q+1. The number of nitrogens with zero attached hydrogens (tertiary/aromatic N) is 3. The Hall–Kier alpha value is -1.69. The first kappa shape index (κ1) is 15.2. The molecule has 0 radical (unpaired) electrons. The Kier molecular flexibility index (Phi) is 4.57. The molecule has 0 N–H and O–H groups in total. The van der Waals surface area contributed by atoms with E-state index in [4.69, 9.17) is 0 Å². The molecule has 118 valence electrons. The average molecular weight is 298 g/mol. The zero-order valence-corrected chi connectivity index (χ0v) is 14.1. The van der Waals surface area contributed by atoms with Gasteiger partial charge in [0.15, 0.2) is 0 Å². The first-order valence-electron chi connectivity index (χ1n) is 8.65. The summed E-state index contributed by atoms with van der Waals surface area (Å²) in [7, 11) is 0. The molecule has 22 heavy (non-hydrogen) atoms. The number of rotatable bonds is 4. The van der Waals surface area contributed by atoms with Crippen LogP contribution < -0.4 is 0 Å². The van der Waals surface area contributed by atoms with Crippen molar-refractivity contribution in [3.63, 3.8) is 0 Å². The van der Waals surface area contributed by atoms with Crippen LogP contribution in [0, 0.1) is 23.9 Å². The number of hydrogen-bond donors (Lipinski definition) is 0. The van der Waals surface area contributed by atoms with E-state index < -0.39 is 0 Å². The molecule has 0 amide bonds. The zero-order chi connectivity index (χ0) is 15.5. The third-order valence-corrected chi connectivity index (χ3v) is 5.22. The minimum Gasteiger partial charge on any atom is -0.180 e. The number of benzene rings is 1. The molecule has 3 heteroatoms. The fraction of sp³-hybridized carbons (Fsp3) is 0.632. The summed E-state index contributed by atoms with van der Waals surface area (Å²) in [6.07, 6.45) is 7.19. The van der Waals surface area contributed by atoms with Crippen molar-refractivity contribution in [2.75, 3.05) is 6.67 Å². The summed E-state index contributed by atoms with van der Waals surface area (Å²) in [5.74, 6) is 2.31. The van der Waals surface area contributed by atoms with Crippen LogP contribution in [0.15, 0.2) is 30.3 Å². The maximum atomic E-state index is 4.61. The molecule has 1 fully saturated rings. The topological polar surface area (TPSA) is 10.8 Å². The highest BCUT2D eigenvalue weighted by molar-refractivity contribution is 5.15. The lowest BCUT2D eigenvalue weighted by molar-refractivity contribution is 0.0738. The van der Waals surface area contributed by atoms with Gasteiger partial charge >= 0.3 is 6.19 Å². The van der Waals surface area contributed by atoms with Crippen LogP contribution in [-0.4, -0.2) is 22.6 Å². The highest BCUT2D eigenvalue weighted by atomic mass is 15.6. The lowest BCUT2D eigenvalue weighted by Crippen LogP contribution is -2.44. The largest absolute Gasteiger partial charge is 0.410 e. The van der Waals surface area contributed by atoms with Crippen molar-refractivity contribution < 1.29 is 0 Å². The molecule has 0 saturated heterocycles. The van der Waals surface area contributed by atoms with Crippen molar-refractivity contribution in [1.82, 2.24) is 9.91 Å². The molecule has 0 spiro atoms. The third-order valence-electron chi connectivity index (χ3n) is 5.22. The Bertz CT molecular complexity index is 543. The second kappa shape index (κ2) is 6.60. The summed E-state index contributed by atoms with van der Waals surface area (Å²) in [6.45, 7) is 8.89. The summed E-state index contributed by atoms with van der Waals surface area (Å²) in [5, 5.41) is 2.29. The molecule has 3 rings (SSSR count). The lowest BCUT2D eigenvalue weighted by atomic mass is 9.74. The molecule has 1 aromatic rings. The molecule has 3 atom stereocenters. The minimum absolute atomic E-state index is 0.581. The highest BCUT2D eigenvalue weighted by Gasteiger charge is 2.40. The summed E-state index contributed by atoms with van der Waals surface area (Å²) in [4.78, 5) is 6.81. The second-order valence-corrected chi connectivity index (χ2v) is 7.36. The van der Waals surface area contributed by atoms with Crippen molar-refractivity contribution in [2.45, 2.75) is 52.6 Å². The fourth-order valence-corrected chi connectivity index (χ4v) is 3.92. The van der Waals surface area contributed by atoms with Gasteiger partial charge in [0.25, 0.3) is 0 Å². The molecule has 1 aromatic carbocycles. The first-order chi connectivity index (χ1) is 10.6. The Morgan fingerprint density at radius 3 is 2.73 bits per heavy atom. The monoisotopic (exact) mass is 298 g/mol. The summed E-state index contributed by atoms with van der Waals surface area (Å²) >= 11 is 0. The molecule has 3 nitrogen and oxygen atoms in total. The maximum absolute atomic E-state index is 4.61. The van der Waals surface area contributed by atoms with E-state index in [1.54, 1.807) is 0 Å². The molecule has 1 aliphatic heterocycles. The summed E-state index contributed by atoms with van der Waals surface area (Å²) < 4.78 is 0. The smallest absolute Gasteiger partial charge is 0.180 e. The van der Waals surface area contributed by atoms with Gasteiger partial charge in [0.05, 0.1) is 6.04 Å². The molecule has 3 unspecified atom stereocenters. The van der Waals surface area contributed by atoms with E-state index in [2.05, 4.69) is 72.2 Å². The van der Waals surface area contributed by atoms with E-state index in [-0.39, 0.29) is 0 Å². The Morgan fingerprint density at radius 1 is 1.23 bits per heavy atom. The van der Waals surface area contributed by atoms with Crippen LogP contribution in [0.3, 0.4) is 0 Å². The third kappa shape index (κ3) is 3.38. The van der Waals surface area contributed by atoms with Gasteiger partial charge < -0.3 is 0 Å². The summed E-state index contributed by atoms with van der Waals surface area (Å²) in [5.41, 5.74) is 1.32. The maximum Gasteiger partial charge on any atom is 0.410 e. The van der Waals surface area contributed by atoms with E-state index >= 15 is 0 Å². The predicted molar refractivity (Wildman–Crippen MR) is 91.1 cm³/mol. The van der Waals surface area contributed by atoms with Gasteiger partial charge in [0.2, 0.25) is 6.67 Å². The van der Waals surface area contributed by atoms with Gasteiger partial charge in [-0.15, -0.1) is 5.01 Å². The van der Waals surface area contributed by atoms with Gasteiger partial charge in [-0.3, -0.25) is 0 Å². The van der Waals surface area contributed by atoms with E-state index in [0.29, 0.717) is 6.04 Å². The predicted octanol–water partition coefficient (Wildman–Crippen LogP) is 4.43. The highest BCUT2D eigenvalue weighted by Crippen LogP contribution is 2.37. The lowest BCUT2D eigenvalue weighted by Gasteiger charge is -2.38. The summed E-state index contributed by atoms with van der Waals surface area (Å²) in [6, 6.07) is 11.2. The minimum atomic E-state index is 0.581. The first-order valence-corrected chi connectivity index (χ1v) is 8.65. The van der Waals surface area contributed by atoms with E-state index in [9.17, 15) is 0 Å². The normalized spacial score (nSPS) is 27.9. The number of hydrogen-bond acceptors (Lipinski definition) is 2. The molecule has 0 aromatic heterocycles. The second-order valence-electron chi connectivity index (χ2n) is 7.36. The molecule has 1 heterocycles. The quantitative estimate of drug-likeness (QED) is 0.762. The average Bonchev–Trinajstić information content (AvgIpc) is 2.96. The Balaban J connectivity index is 1.63. The van der Waals surface area contributed by atoms with Gasteiger partial charge in [0.1, 0.15) is 6.54 Å². The molecule has 0 bridgehead atoms. The van der Waals surface area contributed by atoms with Gasteiger partial charge in [-0.25, -0.2) is 0 Å². The molecular weight excluding hydrogens is 270 g/mol. The van der Waals surface area contributed by atoms with Crippen molar-refractivity contribution >= 4 is 0 Å². The Labute approximate surface area is 134 Å². The van der Waals surface area contributed by atoms with Crippen LogP contribution in [-0.2, 0) is 6.54 Å². The molecule has 2 aliphatic rings. The van der Waals surface area contributed by atoms with Crippen LogP contribution in [0.4, 0.5) is 0 Å². The van der Waals surface area contributed by atoms with Crippen molar-refractivity contribution in [3.8, 4) is 6.19 Å². The molecule has 1 aliphatic carbocycles. The van der Waals surface area contributed by atoms with Gasteiger partial charge in [-0.05, 0) is 41.1 Å². The fourth-order valence-electron chi connectivity index (χ4n) is 3.92.